The highest BCUT2D eigenvalue weighted by Gasteiger charge is 2.33. The van der Waals surface area contributed by atoms with Crippen LogP contribution in [0.25, 0.3) is 21.9 Å². The lowest BCUT2D eigenvalue weighted by Crippen LogP contribution is -2.19. The van der Waals surface area contributed by atoms with Crippen molar-refractivity contribution < 1.29 is 10.2 Å². The Morgan fingerprint density at radius 3 is 2.05 bits per heavy atom. The first-order valence-electron chi connectivity index (χ1n) is 7.58. The van der Waals surface area contributed by atoms with Crippen molar-refractivity contribution in [2.45, 2.75) is 26.1 Å². The molecule has 0 amide bonds. The Labute approximate surface area is 129 Å². The Bertz CT molecular complexity index is 896. The minimum atomic E-state index is -0.881. The van der Waals surface area contributed by atoms with Gasteiger partial charge in [0.1, 0.15) is 12.2 Å². The Morgan fingerprint density at radius 1 is 0.727 bits per heavy atom. The SMILES string of the molecule is Cc1c2c(c(C)c3ccccc13)C(O)C(O)c1ccccc1-2. The molecular weight excluding hydrogens is 272 g/mol. The minimum absolute atomic E-state index is 0.806. The van der Waals surface area contributed by atoms with Crippen molar-refractivity contribution in [1.29, 1.82) is 0 Å². The summed E-state index contributed by atoms with van der Waals surface area (Å²) in [5.41, 5.74) is 5.99. The second kappa shape index (κ2) is 4.67. The van der Waals surface area contributed by atoms with Crippen molar-refractivity contribution >= 4 is 10.8 Å². The third-order valence-electron chi connectivity index (χ3n) is 4.93. The maximum atomic E-state index is 10.7. The number of hydrogen-bond donors (Lipinski definition) is 2. The highest BCUT2D eigenvalue weighted by atomic mass is 16.3. The van der Waals surface area contributed by atoms with Gasteiger partial charge in [0.05, 0.1) is 0 Å². The van der Waals surface area contributed by atoms with Gasteiger partial charge in [0.2, 0.25) is 0 Å². The van der Waals surface area contributed by atoms with Crippen LogP contribution in [0.4, 0.5) is 0 Å². The Balaban J connectivity index is 2.21. The molecule has 0 spiro atoms. The van der Waals surface area contributed by atoms with Crippen LogP contribution in [-0.2, 0) is 0 Å². The second-order valence-electron chi connectivity index (χ2n) is 6.06. The van der Waals surface area contributed by atoms with Gasteiger partial charge in [-0.05, 0) is 58.0 Å². The molecule has 0 saturated carbocycles. The number of aliphatic hydroxyl groups excluding tert-OH is 2. The van der Waals surface area contributed by atoms with Gasteiger partial charge >= 0.3 is 0 Å². The van der Waals surface area contributed by atoms with Crippen molar-refractivity contribution in [1.82, 2.24) is 0 Å². The van der Waals surface area contributed by atoms with Crippen LogP contribution >= 0.6 is 0 Å². The molecule has 0 bridgehead atoms. The lowest BCUT2D eigenvalue weighted by Gasteiger charge is -2.32. The van der Waals surface area contributed by atoms with Crippen LogP contribution in [0, 0.1) is 13.8 Å². The molecule has 0 fully saturated rings. The maximum Gasteiger partial charge on any atom is 0.110 e. The summed E-state index contributed by atoms with van der Waals surface area (Å²) in [6.07, 6.45) is -1.75. The van der Waals surface area contributed by atoms with Gasteiger partial charge in [0.25, 0.3) is 0 Å². The molecule has 22 heavy (non-hydrogen) atoms. The van der Waals surface area contributed by atoms with E-state index in [1.165, 1.54) is 5.39 Å². The standard InChI is InChI=1S/C20H18O2/c1-11-13-7-3-4-8-14(13)12(2)18-17(11)15-9-5-6-10-16(15)19(21)20(18)22/h3-10,19-22H,1-2H3. The third-order valence-corrected chi connectivity index (χ3v) is 4.93. The van der Waals surface area contributed by atoms with Crippen molar-refractivity contribution in [2.75, 3.05) is 0 Å². The average molecular weight is 290 g/mol. The molecule has 1 aliphatic rings. The number of hydrogen-bond acceptors (Lipinski definition) is 2. The Morgan fingerprint density at radius 2 is 1.32 bits per heavy atom. The van der Waals surface area contributed by atoms with E-state index < -0.39 is 12.2 Å². The Hall–Kier alpha value is -2.16. The van der Waals surface area contributed by atoms with Crippen molar-refractivity contribution in [3.63, 3.8) is 0 Å². The van der Waals surface area contributed by atoms with E-state index in [4.69, 9.17) is 0 Å². The summed E-state index contributed by atoms with van der Waals surface area (Å²) in [6.45, 7) is 4.13. The maximum absolute atomic E-state index is 10.7. The highest BCUT2D eigenvalue weighted by molar-refractivity contribution is 5.97. The lowest BCUT2D eigenvalue weighted by molar-refractivity contribution is 0.0155. The first kappa shape index (κ1) is 13.5. The van der Waals surface area contributed by atoms with E-state index in [1.807, 2.05) is 43.3 Å². The van der Waals surface area contributed by atoms with Gasteiger partial charge in [0.15, 0.2) is 0 Å². The molecule has 2 nitrogen and oxygen atoms in total. The monoisotopic (exact) mass is 290 g/mol. The molecule has 0 aliphatic heterocycles. The van der Waals surface area contributed by atoms with Crippen LogP contribution in [0.2, 0.25) is 0 Å². The van der Waals surface area contributed by atoms with Crippen LogP contribution in [0.15, 0.2) is 48.5 Å². The molecule has 3 aromatic rings. The van der Waals surface area contributed by atoms with E-state index in [0.717, 1.165) is 38.8 Å². The second-order valence-corrected chi connectivity index (χ2v) is 6.06. The fraction of sp³-hybridized carbons (Fsp3) is 0.200. The quantitative estimate of drug-likeness (QED) is 0.651. The van der Waals surface area contributed by atoms with Gasteiger partial charge in [-0.25, -0.2) is 0 Å². The zero-order valence-corrected chi connectivity index (χ0v) is 12.7. The normalized spacial score (nSPS) is 19.8. The van der Waals surface area contributed by atoms with E-state index in [2.05, 4.69) is 19.1 Å². The molecule has 1 aliphatic carbocycles. The number of fused-ring (bicyclic) bond motifs is 4. The largest absolute Gasteiger partial charge is 0.385 e. The third kappa shape index (κ3) is 1.62. The molecule has 110 valence electrons. The predicted octanol–water partition coefficient (Wildman–Crippen LogP) is 4.20. The van der Waals surface area contributed by atoms with Crippen LogP contribution < -0.4 is 0 Å². The lowest BCUT2D eigenvalue weighted by atomic mass is 9.76. The molecule has 0 heterocycles. The van der Waals surface area contributed by atoms with Crippen molar-refractivity contribution in [2.24, 2.45) is 0 Å². The topological polar surface area (TPSA) is 40.5 Å². The highest BCUT2D eigenvalue weighted by Crippen LogP contribution is 2.49. The summed E-state index contributed by atoms with van der Waals surface area (Å²) in [5, 5.41) is 23.6. The van der Waals surface area contributed by atoms with E-state index in [0.29, 0.717) is 0 Å². The summed E-state index contributed by atoms with van der Waals surface area (Å²) in [6, 6.07) is 16.1. The summed E-state index contributed by atoms with van der Waals surface area (Å²) < 4.78 is 0. The van der Waals surface area contributed by atoms with Gasteiger partial charge in [-0.2, -0.15) is 0 Å². The van der Waals surface area contributed by atoms with Crippen LogP contribution in [-0.4, -0.2) is 10.2 Å². The Kier molecular flexibility index (Phi) is 2.86. The van der Waals surface area contributed by atoms with E-state index >= 15 is 0 Å². The first-order chi connectivity index (χ1) is 10.6. The fourth-order valence-corrected chi connectivity index (χ4v) is 3.83. The number of aliphatic hydroxyl groups is 2. The molecule has 2 heteroatoms. The fourth-order valence-electron chi connectivity index (χ4n) is 3.83. The van der Waals surface area contributed by atoms with Gasteiger partial charge in [-0.1, -0.05) is 48.5 Å². The van der Waals surface area contributed by atoms with Gasteiger partial charge in [0, 0.05) is 0 Å². The van der Waals surface area contributed by atoms with Crippen molar-refractivity contribution in [3.8, 4) is 11.1 Å². The predicted molar refractivity (Wildman–Crippen MR) is 88.8 cm³/mol. The number of rotatable bonds is 0. The molecule has 3 aromatic carbocycles. The van der Waals surface area contributed by atoms with E-state index in [1.54, 1.807) is 0 Å². The summed E-state index contributed by atoms with van der Waals surface area (Å²) in [5.74, 6) is 0. The molecule has 4 rings (SSSR count). The van der Waals surface area contributed by atoms with E-state index in [-0.39, 0.29) is 0 Å². The molecule has 2 atom stereocenters. The van der Waals surface area contributed by atoms with Gasteiger partial charge < -0.3 is 10.2 Å². The number of benzene rings is 3. The van der Waals surface area contributed by atoms with Gasteiger partial charge in [-0.15, -0.1) is 0 Å². The first-order valence-corrected chi connectivity index (χ1v) is 7.58. The molecule has 2 unspecified atom stereocenters. The van der Waals surface area contributed by atoms with Crippen LogP contribution in [0.5, 0.6) is 0 Å². The van der Waals surface area contributed by atoms with Crippen molar-refractivity contribution in [3.05, 3.63) is 70.8 Å². The van der Waals surface area contributed by atoms with Gasteiger partial charge in [-0.3, -0.25) is 0 Å². The molecule has 2 N–H and O–H groups in total. The van der Waals surface area contributed by atoms with Crippen LogP contribution in [0.1, 0.15) is 34.5 Å². The average Bonchev–Trinajstić information content (AvgIpc) is 2.56. The van der Waals surface area contributed by atoms with E-state index in [9.17, 15) is 10.2 Å². The summed E-state index contributed by atoms with van der Waals surface area (Å²) in [7, 11) is 0. The summed E-state index contributed by atoms with van der Waals surface area (Å²) in [4.78, 5) is 0. The molecule has 0 saturated heterocycles. The molecule has 0 aromatic heterocycles. The van der Waals surface area contributed by atoms with Crippen LogP contribution in [0.3, 0.4) is 0 Å². The molecule has 0 radical (unpaired) electrons. The number of aryl methyl sites for hydroxylation is 2. The zero-order chi connectivity index (χ0) is 15.4. The zero-order valence-electron chi connectivity index (χ0n) is 12.7. The smallest absolute Gasteiger partial charge is 0.110 e. The minimum Gasteiger partial charge on any atom is -0.385 e. The molecular formula is C20H18O2. The summed E-state index contributed by atoms with van der Waals surface area (Å²) >= 11 is 0.